The molecular formula is C31H36O18. The van der Waals surface area contributed by atoms with E-state index in [0.29, 0.717) is 0 Å². The second-order valence-corrected chi connectivity index (χ2v) is 11.4. The van der Waals surface area contributed by atoms with Gasteiger partial charge in [-0.25, -0.2) is 0 Å². The van der Waals surface area contributed by atoms with Gasteiger partial charge in [0.15, 0.2) is 41.0 Å². The van der Waals surface area contributed by atoms with Crippen molar-refractivity contribution in [3.05, 3.63) is 34.5 Å². The van der Waals surface area contributed by atoms with E-state index >= 15 is 0 Å². The minimum atomic E-state index is -1.89. The van der Waals surface area contributed by atoms with Crippen molar-refractivity contribution in [2.24, 2.45) is 0 Å². The highest BCUT2D eigenvalue weighted by atomic mass is 16.8. The Kier molecular flexibility index (Phi) is 10.4. The molecule has 0 saturated carbocycles. The summed E-state index contributed by atoms with van der Waals surface area (Å²) in [4.78, 5) is 24.8. The van der Waals surface area contributed by atoms with Crippen LogP contribution in [0.5, 0.6) is 34.5 Å². The Balaban J connectivity index is 1.59. The number of aliphatic hydroxyl groups excluding tert-OH is 5. The van der Waals surface area contributed by atoms with Gasteiger partial charge in [0.1, 0.15) is 54.4 Å². The third-order valence-corrected chi connectivity index (χ3v) is 8.13. The standard InChI is InChI=1S/C31H36O18/c1-10-19(35)22(38)25(41)30(45-10)49-29-23(39)20(36)17(9-44-11(2)32)47-31(29)46-16-8-14(34)18-21(37)24(40)26(48-28(18)27(16)43-4)12-5-6-13(33)15(7-12)42-3/h5-8,10,17,19-20,22-23,25,29-31,33-36,38-41H,9H2,1-4H3/t10-,17-,19+,20+,22-,23+,25-,29+,30-,31-/m0/s1. The molecule has 0 spiro atoms. The van der Waals surface area contributed by atoms with Crippen molar-refractivity contribution < 1.29 is 83.2 Å². The topological polar surface area (TPSA) is 274 Å². The molecule has 49 heavy (non-hydrogen) atoms. The minimum Gasteiger partial charge on any atom is -0.507 e. The molecule has 2 aromatic carbocycles. The zero-order valence-electron chi connectivity index (χ0n) is 26.5. The van der Waals surface area contributed by atoms with Crippen molar-refractivity contribution in [3.63, 3.8) is 0 Å². The van der Waals surface area contributed by atoms with Gasteiger partial charge in [-0.15, -0.1) is 0 Å². The monoisotopic (exact) mass is 696 g/mol. The Morgan fingerprint density at radius 2 is 1.55 bits per heavy atom. The Labute approximate surface area is 276 Å². The molecule has 10 atom stereocenters. The molecular weight excluding hydrogens is 660 g/mol. The first-order chi connectivity index (χ1) is 23.2. The van der Waals surface area contributed by atoms with Crippen LogP contribution in [0.2, 0.25) is 0 Å². The van der Waals surface area contributed by atoms with Gasteiger partial charge in [-0.2, -0.15) is 0 Å². The summed E-state index contributed by atoms with van der Waals surface area (Å²) in [6.07, 6.45) is -16.4. The number of fused-ring (bicyclic) bond motifs is 1. The lowest BCUT2D eigenvalue weighted by atomic mass is 9.97. The van der Waals surface area contributed by atoms with Crippen LogP contribution in [0.1, 0.15) is 13.8 Å². The lowest BCUT2D eigenvalue weighted by Crippen LogP contribution is -2.64. The second kappa shape index (κ2) is 14.2. The van der Waals surface area contributed by atoms with Crippen LogP contribution in [0.15, 0.2) is 33.5 Å². The Morgan fingerprint density at radius 3 is 2.20 bits per heavy atom. The number of esters is 1. The Bertz CT molecular complexity index is 1740. The van der Waals surface area contributed by atoms with E-state index in [9.17, 15) is 50.4 Å². The molecule has 18 heteroatoms. The largest absolute Gasteiger partial charge is 0.507 e. The van der Waals surface area contributed by atoms with Gasteiger partial charge < -0.3 is 78.4 Å². The Hall–Kier alpha value is -4.40. The zero-order chi connectivity index (χ0) is 35.9. The molecule has 2 aliphatic rings. The smallest absolute Gasteiger partial charge is 0.302 e. The molecule has 2 aliphatic heterocycles. The van der Waals surface area contributed by atoms with Crippen molar-refractivity contribution >= 4 is 16.9 Å². The number of ether oxygens (including phenoxy) is 7. The van der Waals surface area contributed by atoms with Gasteiger partial charge >= 0.3 is 5.97 Å². The zero-order valence-corrected chi connectivity index (χ0v) is 26.5. The summed E-state index contributed by atoms with van der Waals surface area (Å²) in [5.41, 5.74) is -1.41. The van der Waals surface area contributed by atoms with Crippen molar-refractivity contribution in [2.75, 3.05) is 20.8 Å². The number of aromatic hydroxyl groups is 3. The molecule has 0 radical (unpaired) electrons. The molecule has 2 fully saturated rings. The number of phenolic OH excluding ortho intramolecular Hbond substituents is 2. The van der Waals surface area contributed by atoms with E-state index in [1.807, 2.05) is 0 Å². The predicted molar refractivity (Wildman–Crippen MR) is 161 cm³/mol. The van der Waals surface area contributed by atoms with Crippen molar-refractivity contribution in [2.45, 2.75) is 75.3 Å². The Morgan fingerprint density at radius 1 is 0.837 bits per heavy atom. The van der Waals surface area contributed by atoms with Gasteiger partial charge in [0.25, 0.3) is 0 Å². The molecule has 8 N–H and O–H groups in total. The van der Waals surface area contributed by atoms with Crippen molar-refractivity contribution in [3.8, 4) is 45.8 Å². The van der Waals surface area contributed by atoms with E-state index in [1.165, 1.54) is 32.2 Å². The van der Waals surface area contributed by atoms with Crippen LogP contribution in [0.4, 0.5) is 0 Å². The number of hydrogen-bond donors (Lipinski definition) is 8. The fraction of sp³-hybridized carbons (Fsp3) is 0.484. The summed E-state index contributed by atoms with van der Waals surface area (Å²) in [5, 5.41) is 84.1. The van der Waals surface area contributed by atoms with E-state index in [-0.39, 0.29) is 22.8 Å². The predicted octanol–water partition coefficient (Wildman–Crippen LogP) is -0.805. The van der Waals surface area contributed by atoms with Gasteiger partial charge in [-0.3, -0.25) is 9.59 Å². The molecule has 3 aromatic rings. The average Bonchev–Trinajstić information content (AvgIpc) is 3.06. The number of carbonyl (C=O) groups is 1. The van der Waals surface area contributed by atoms with E-state index in [4.69, 9.17) is 37.6 Å². The third kappa shape index (κ3) is 6.77. The summed E-state index contributed by atoms with van der Waals surface area (Å²) < 4.78 is 44.4. The number of rotatable bonds is 9. The summed E-state index contributed by atoms with van der Waals surface area (Å²) >= 11 is 0. The van der Waals surface area contributed by atoms with Gasteiger partial charge in [-0.05, 0) is 25.1 Å². The number of phenols is 2. The summed E-state index contributed by atoms with van der Waals surface area (Å²) in [5.74, 6) is -3.77. The molecule has 5 rings (SSSR count). The molecule has 0 amide bonds. The second-order valence-electron chi connectivity index (χ2n) is 11.4. The van der Waals surface area contributed by atoms with Gasteiger partial charge in [0.2, 0.25) is 23.2 Å². The lowest BCUT2D eigenvalue weighted by Gasteiger charge is -2.45. The number of carbonyl (C=O) groups excluding carboxylic acids is 1. The maximum Gasteiger partial charge on any atom is 0.302 e. The van der Waals surface area contributed by atoms with E-state index in [2.05, 4.69) is 0 Å². The highest BCUT2D eigenvalue weighted by molar-refractivity contribution is 5.93. The SMILES string of the molecule is COc1cc(-c2oc3c(OC)c(O[C@H]4O[C@@H](COC(C)=O)[C@@H](O)[C@@H](O)[C@H]4O[C@@H]4O[C@@H](C)[C@@H](O)[C@H](O)[C@@H]4O)cc(O)c3c(=O)c2O)ccc1O. The number of methoxy groups -OCH3 is 2. The highest BCUT2D eigenvalue weighted by Crippen LogP contribution is 2.45. The van der Waals surface area contributed by atoms with Crippen LogP contribution in [-0.2, 0) is 23.7 Å². The fourth-order valence-electron chi connectivity index (χ4n) is 5.48. The first kappa shape index (κ1) is 35.9. The molecule has 268 valence electrons. The maximum atomic E-state index is 13.3. The number of aliphatic hydroxyl groups is 5. The summed E-state index contributed by atoms with van der Waals surface area (Å²) in [7, 11) is 2.44. The minimum absolute atomic E-state index is 0.0143. The van der Waals surface area contributed by atoms with Crippen LogP contribution in [0.25, 0.3) is 22.3 Å². The van der Waals surface area contributed by atoms with Gasteiger partial charge in [-0.1, -0.05) is 0 Å². The van der Waals surface area contributed by atoms with Crippen LogP contribution >= 0.6 is 0 Å². The lowest BCUT2D eigenvalue weighted by molar-refractivity contribution is -0.354. The van der Waals surface area contributed by atoms with E-state index < -0.39 is 113 Å². The number of benzene rings is 2. The van der Waals surface area contributed by atoms with Crippen LogP contribution in [-0.4, -0.2) is 129 Å². The van der Waals surface area contributed by atoms with Crippen molar-refractivity contribution in [1.29, 1.82) is 0 Å². The average molecular weight is 697 g/mol. The van der Waals surface area contributed by atoms with Crippen LogP contribution in [0.3, 0.4) is 0 Å². The summed E-state index contributed by atoms with van der Waals surface area (Å²) in [6, 6.07) is 4.73. The first-order valence-corrected chi connectivity index (χ1v) is 14.8. The maximum absolute atomic E-state index is 13.3. The molecule has 18 nitrogen and oxygen atoms in total. The summed E-state index contributed by atoms with van der Waals surface area (Å²) in [6.45, 7) is 1.93. The van der Waals surface area contributed by atoms with Crippen molar-refractivity contribution in [1.82, 2.24) is 0 Å². The fourth-order valence-corrected chi connectivity index (χ4v) is 5.48. The highest BCUT2D eigenvalue weighted by Gasteiger charge is 2.51. The normalized spacial score (nSPS) is 30.1. The van der Waals surface area contributed by atoms with E-state index in [0.717, 1.165) is 20.1 Å². The number of hydrogen-bond acceptors (Lipinski definition) is 18. The van der Waals surface area contributed by atoms with Crippen LogP contribution < -0.4 is 19.6 Å². The van der Waals surface area contributed by atoms with Gasteiger partial charge in [0.05, 0.1) is 20.3 Å². The quantitative estimate of drug-likeness (QED) is 0.127. The molecule has 1 aromatic heterocycles. The van der Waals surface area contributed by atoms with Crippen LogP contribution in [0, 0.1) is 0 Å². The third-order valence-electron chi connectivity index (χ3n) is 8.13. The van der Waals surface area contributed by atoms with Gasteiger partial charge in [0, 0.05) is 18.6 Å². The first-order valence-electron chi connectivity index (χ1n) is 14.8. The molecule has 0 unspecified atom stereocenters. The molecule has 0 aliphatic carbocycles. The molecule has 0 bridgehead atoms. The van der Waals surface area contributed by atoms with E-state index in [1.54, 1.807) is 0 Å². The molecule has 2 saturated heterocycles. The molecule has 3 heterocycles.